The molecule has 0 saturated heterocycles. The van der Waals surface area contributed by atoms with Gasteiger partial charge in [-0.3, -0.25) is 0 Å². The van der Waals surface area contributed by atoms with Gasteiger partial charge in [0.2, 0.25) is 0 Å². The van der Waals surface area contributed by atoms with Gasteiger partial charge in [-0.1, -0.05) is 12.1 Å². The summed E-state index contributed by atoms with van der Waals surface area (Å²) in [5, 5.41) is 0. The molecule has 0 aromatic heterocycles. The van der Waals surface area contributed by atoms with Gasteiger partial charge in [-0.25, -0.2) is 0 Å². The van der Waals surface area contributed by atoms with Crippen molar-refractivity contribution in [1.29, 1.82) is 0 Å². The van der Waals surface area contributed by atoms with Crippen LogP contribution in [0.1, 0.15) is 11.1 Å². The van der Waals surface area contributed by atoms with Crippen molar-refractivity contribution < 1.29 is 31.4 Å². The summed E-state index contributed by atoms with van der Waals surface area (Å²) in [6.45, 7) is 1.95. The van der Waals surface area contributed by atoms with Crippen LogP contribution in [0, 0.1) is 0 Å². The van der Waals surface area contributed by atoms with Crippen molar-refractivity contribution in [3.63, 3.8) is 0 Å². The van der Waals surface area contributed by atoms with E-state index >= 15 is 0 Å². The van der Waals surface area contributed by atoms with Crippen molar-refractivity contribution in [2.45, 2.75) is 12.8 Å². The van der Waals surface area contributed by atoms with Crippen LogP contribution in [-0.2, 0) is 12.8 Å². The average Bonchev–Trinajstić information content (AvgIpc) is 2.69. The van der Waals surface area contributed by atoms with Crippen LogP contribution >= 0.6 is 0 Å². The summed E-state index contributed by atoms with van der Waals surface area (Å²) in [4.78, 5) is 2.33. The molecule has 2 rings (SSSR count). The SMILES string of the molecule is COc1ccc(CCN(C)CCc2ccc(OC)c(OC)c2)cc1OC.[Cl-]. The van der Waals surface area contributed by atoms with Crippen LogP contribution in [-0.4, -0.2) is 53.5 Å². The maximum atomic E-state index is 5.37. The lowest BCUT2D eigenvalue weighted by atomic mass is 10.1. The van der Waals surface area contributed by atoms with Crippen LogP contribution in [0.4, 0.5) is 0 Å². The molecular formula is C21H29ClNO4-. The molecular weight excluding hydrogens is 366 g/mol. The van der Waals surface area contributed by atoms with E-state index in [2.05, 4.69) is 24.1 Å². The van der Waals surface area contributed by atoms with E-state index in [9.17, 15) is 0 Å². The third-order valence-corrected chi connectivity index (χ3v) is 4.46. The molecule has 0 fully saturated rings. The van der Waals surface area contributed by atoms with Crippen LogP contribution in [0.25, 0.3) is 0 Å². The fourth-order valence-electron chi connectivity index (χ4n) is 2.82. The van der Waals surface area contributed by atoms with Gasteiger partial charge in [-0.15, -0.1) is 0 Å². The van der Waals surface area contributed by atoms with Gasteiger partial charge in [0, 0.05) is 13.1 Å². The molecule has 0 aliphatic carbocycles. The first-order valence-corrected chi connectivity index (χ1v) is 8.71. The minimum atomic E-state index is 0. The highest BCUT2D eigenvalue weighted by molar-refractivity contribution is 5.43. The molecule has 0 saturated carbocycles. The molecule has 6 heteroatoms. The molecule has 0 N–H and O–H groups in total. The van der Waals surface area contributed by atoms with Crippen LogP contribution in [0.3, 0.4) is 0 Å². The second-order valence-corrected chi connectivity index (χ2v) is 6.18. The van der Waals surface area contributed by atoms with Crippen LogP contribution in [0.15, 0.2) is 36.4 Å². The number of methoxy groups -OCH3 is 4. The van der Waals surface area contributed by atoms with Gasteiger partial charge in [0.1, 0.15) is 0 Å². The summed E-state index contributed by atoms with van der Waals surface area (Å²) < 4.78 is 21.3. The van der Waals surface area contributed by atoms with E-state index < -0.39 is 0 Å². The second kappa shape index (κ2) is 11.6. The molecule has 150 valence electrons. The largest absolute Gasteiger partial charge is 1.00 e. The third kappa shape index (κ3) is 6.52. The smallest absolute Gasteiger partial charge is 0.160 e. The van der Waals surface area contributed by atoms with E-state index in [0.717, 1.165) is 48.9 Å². The molecule has 0 aliphatic rings. The minimum absolute atomic E-state index is 0. The summed E-state index contributed by atoms with van der Waals surface area (Å²) in [7, 11) is 8.77. The molecule has 0 amide bonds. The first-order chi connectivity index (χ1) is 12.6. The summed E-state index contributed by atoms with van der Waals surface area (Å²) in [6.07, 6.45) is 1.92. The van der Waals surface area contributed by atoms with Gasteiger partial charge in [-0.05, 0) is 55.3 Å². The average molecular weight is 395 g/mol. The Kier molecular flexibility index (Phi) is 9.83. The summed E-state index contributed by atoms with van der Waals surface area (Å²) in [5.41, 5.74) is 2.47. The summed E-state index contributed by atoms with van der Waals surface area (Å²) in [6, 6.07) is 12.2. The summed E-state index contributed by atoms with van der Waals surface area (Å²) >= 11 is 0. The lowest BCUT2D eigenvalue weighted by molar-refractivity contribution is -0.00000649. The number of hydrogen-bond acceptors (Lipinski definition) is 5. The van der Waals surface area contributed by atoms with Gasteiger partial charge >= 0.3 is 0 Å². The lowest BCUT2D eigenvalue weighted by Gasteiger charge is -2.17. The van der Waals surface area contributed by atoms with Gasteiger partial charge in [-0.2, -0.15) is 0 Å². The number of ether oxygens (including phenoxy) is 4. The normalized spacial score (nSPS) is 10.3. The zero-order valence-corrected chi connectivity index (χ0v) is 17.5. The quantitative estimate of drug-likeness (QED) is 0.585. The van der Waals surface area contributed by atoms with E-state index in [4.69, 9.17) is 18.9 Å². The highest BCUT2D eigenvalue weighted by Crippen LogP contribution is 2.28. The molecule has 0 heterocycles. The van der Waals surface area contributed by atoms with Crippen molar-refractivity contribution in [3.8, 4) is 23.0 Å². The number of nitrogens with zero attached hydrogens (tertiary/aromatic N) is 1. The second-order valence-electron chi connectivity index (χ2n) is 6.18. The molecule has 5 nitrogen and oxygen atoms in total. The molecule has 0 aliphatic heterocycles. The zero-order chi connectivity index (χ0) is 18.9. The lowest BCUT2D eigenvalue weighted by Crippen LogP contribution is -3.00. The van der Waals surface area contributed by atoms with Crippen molar-refractivity contribution in [2.75, 3.05) is 48.6 Å². The molecule has 27 heavy (non-hydrogen) atoms. The van der Waals surface area contributed by atoms with Crippen molar-refractivity contribution in [2.24, 2.45) is 0 Å². The fourth-order valence-corrected chi connectivity index (χ4v) is 2.82. The van der Waals surface area contributed by atoms with E-state index in [0.29, 0.717) is 0 Å². The predicted molar refractivity (Wildman–Crippen MR) is 104 cm³/mol. The Balaban J connectivity index is 0.00000364. The number of benzene rings is 2. The van der Waals surface area contributed by atoms with Gasteiger partial charge in [0.25, 0.3) is 0 Å². The van der Waals surface area contributed by atoms with Gasteiger partial charge < -0.3 is 36.3 Å². The number of likely N-dealkylation sites (N-methyl/N-ethyl adjacent to an activating group) is 1. The molecule has 2 aromatic rings. The fraction of sp³-hybridized carbons (Fsp3) is 0.429. The van der Waals surface area contributed by atoms with E-state index in [-0.39, 0.29) is 12.4 Å². The Hall–Kier alpha value is -2.11. The molecule has 0 bridgehead atoms. The first-order valence-electron chi connectivity index (χ1n) is 8.71. The first kappa shape index (κ1) is 22.9. The maximum absolute atomic E-state index is 5.37. The highest BCUT2D eigenvalue weighted by atomic mass is 35.5. The molecule has 0 spiro atoms. The number of rotatable bonds is 10. The van der Waals surface area contributed by atoms with Crippen molar-refractivity contribution in [1.82, 2.24) is 4.90 Å². The molecule has 2 aromatic carbocycles. The number of hydrogen-bond donors (Lipinski definition) is 0. The Bertz CT molecular complexity index is 649. The van der Waals surface area contributed by atoms with Gasteiger partial charge in [0.05, 0.1) is 28.4 Å². The molecule has 0 atom stereocenters. The van der Waals surface area contributed by atoms with Crippen molar-refractivity contribution in [3.05, 3.63) is 47.5 Å². The standard InChI is InChI=1S/C21H29NO4.ClH/c1-22(12-10-16-6-8-18(23-2)20(14-16)25-4)13-11-17-7-9-19(24-3)21(15-17)26-5;/h6-9,14-15H,10-13H2,1-5H3;1H/p-1. The van der Waals surface area contributed by atoms with Gasteiger partial charge in [0.15, 0.2) is 23.0 Å². The van der Waals surface area contributed by atoms with Crippen LogP contribution < -0.4 is 31.4 Å². The topological polar surface area (TPSA) is 40.2 Å². The maximum Gasteiger partial charge on any atom is 0.160 e. The zero-order valence-electron chi connectivity index (χ0n) is 16.8. The molecule has 0 unspecified atom stereocenters. The van der Waals surface area contributed by atoms with Crippen LogP contribution in [0.2, 0.25) is 0 Å². The summed E-state index contributed by atoms with van der Waals surface area (Å²) in [5.74, 6) is 3.08. The Morgan fingerprint density at radius 1 is 0.630 bits per heavy atom. The van der Waals surface area contributed by atoms with Crippen molar-refractivity contribution >= 4 is 0 Å². The minimum Gasteiger partial charge on any atom is -1.00 e. The van der Waals surface area contributed by atoms with E-state index in [1.807, 2.05) is 24.3 Å². The molecule has 0 radical (unpaired) electrons. The third-order valence-electron chi connectivity index (χ3n) is 4.46. The predicted octanol–water partition coefficient (Wildman–Crippen LogP) is 0.442. The monoisotopic (exact) mass is 394 g/mol. The Morgan fingerprint density at radius 3 is 1.33 bits per heavy atom. The van der Waals surface area contributed by atoms with E-state index in [1.165, 1.54) is 11.1 Å². The highest BCUT2D eigenvalue weighted by Gasteiger charge is 2.08. The van der Waals surface area contributed by atoms with Crippen LogP contribution in [0.5, 0.6) is 23.0 Å². The Labute approximate surface area is 168 Å². The Morgan fingerprint density at radius 2 is 1.00 bits per heavy atom. The number of halogens is 1. The van der Waals surface area contributed by atoms with E-state index in [1.54, 1.807) is 28.4 Å².